The molecule has 2 aromatic carbocycles. The van der Waals surface area contributed by atoms with Gasteiger partial charge in [0.2, 0.25) is 5.91 Å². The summed E-state index contributed by atoms with van der Waals surface area (Å²) in [7, 11) is -2.76. The van der Waals surface area contributed by atoms with Crippen molar-refractivity contribution in [1.29, 1.82) is 0 Å². The summed E-state index contributed by atoms with van der Waals surface area (Å²) in [6.45, 7) is -3.19. The fourth-order valence-corrected chi connectivity index (χ4v) is 3.72. The molecule has 0 radical (unpaired) electrons. The van der Waals surface area contributed by atoms with E-state index in [1.54, 1.807) is 0 Å². The van der Waals surface area contributed by atoms with E-state index in [4.69, 9.17) is 25.5 Å². The highest BCUT2D eigenvalue weighted by Crippen LogP contribution is 2.31. The average molecular weight is 471 g/mol. The van der Waals surface area contributed by atoms with Crippen LogP contribution in [0.15, 0.2) is 48.4 Å². The van der Waals surface area contributed by atoms with Gasteiger partial charge in [0.25, 0.3) is 11.8 Å². The molecule has 3 amide bonds. The molecule has 5 rings (SSSR count). The van der Waals surface area contributed by atoms with Crippen molar-refractivity contribution in [2.75, 3.05) is 29.9 Å². The molecule has 2 aliphatic heterocycles. The summed E-state index contributed by atoms with van der Waals surface area (Å²) in [5.74, 6) is -3.04. The predicted molar refractivity (Wildman–Crippen MR) is 127 cm³/mol. The van der Waals surface area contributed by atoms with Crippen LogP contribution in [0.3, 0.4) is 0 Å². The number of piperidine rings is 1. The van der Waals surface area contributed by atoms with Gasteiger partial charge in [-0.25, -0.2) is 4.68 Å². The third-order valence-electron chi connectivity index (χ3n) is 5.36. The van der Waals surface area contributed by atoms with Gasteiger partial charge in [-0.15, -0.1) is 0 Å². The maximum atomic E-state index is 14.1. The zero-order chi connectivity index (χ0) is 33.4. The quantitative estimate of drug-likeness (QED) is 0.616. The minimum absolute atomic E-state index is 0.0587. The van der Waals surface area contributed by atoms with Gasteiger partial charge in [0.1, 0.15) is 11.4 Å². The molecule has 2 N–H and O–H groups in total. The normalized spacial score (nSPS) is 23.9. The molecule has 9 heteroatoms. The van der Waals surface area contributed by atoms with Crippen LogP contribution in [0.25, 0.3) is 5.69 Å². The van der Waals surface area contributed by atoms with E-state index in [1.165, 1.54) is 24.3 Å². The number of amides is 3. The van der Waals surface area contributed by atoms with Gasteiger partial charge in [0, 0.05) is 41.9 Å². The highest BCUT2D eigenvalue weighted by atomic mass is 16.5. The second kappa shape index (κ2) is 8.66. The van der Waals surface area contributed by atoms with Crippen molar-refractivity contribution in [3.05, 3.63) is 65.4 Å². The fourth-order valence-electron chi connectivity index (χ4n) is 3.72. The highest BCUT2D eigenvalue weighted by Gasteiger charge is 2.34. The largest absolute Gasteiger partial charge is 0.497 e. The molecule has 0 spiro atoms. The molecule has 0 bridgehead atoms. The summed E-state index contributed by atoms with van der Waals surface area (Å²) < 4.78 is 96.2. The van der Waals surface area contributed by atoms with Crippen molar-refractivity contribution in [3.63, 3.8) is 0 Å². The molecule has 0 unspecified atom stereocenters. The van der Waals surface area contributed by atoms with Crippen molar-refractivity contribution in [2.45, 2.75) is 25.6 Å². The molecular weight excluding hydrogens is 434 g/mol. The van der Waals surface area contributed by atoms with Crippen LogP contribution >= 0.6 is 0 Å². The number of anilines is 2. The van der Waals surface area contributed by atoms with E-state index in [0.29, 0.717) is 9.80 Å². The molecular formula is C25H25N5O4. The van der Waals surface area contributed by atoms with E-state index in [2.05, 4.69) is 5.10 Å². The molecule has 174 valence electrons. The zero-order valence-electron chi connectivity index (χ0n) is 28.6. The Balaban J connectivity index is 1.68. The summed E-state index contributed by atoms with van der Waals surface area (Å²) in [4.78, 5) is 40.4. The SMILES string of the molecule is [2H]c1c([2H])c(N2C(=O)CCCC2([2H])[2H])c([2H])c([2H])c1N1CC([2H])([2H])c2c(C(N)=O)nn(-c3ccc(OC([2H])([2H])[2H])cc3)c2C1=O. The molecule has 9 nitrogen and oxygen atoms in total. The van der Waals surface area contributed by atoms with Crippen LogP contribution in [0.5, 0.6) is 5.75 Å². The van der Waals surface area contributed by atoms with Crippen LogP contribution in [0.1, 0.15) is 60.9 Å². The summed E-state index contributed by atoms with van der Waals surface area (Å²) >= 11 is 0. The van der Waals surface area contributed by atoms with Crippen LogP contribution in [0, 0.1) is 0 Å². The van der Waals surface area contributed by atoms with E-state index in [0.717, 1.165) is 4.68 Å². The Kier molecular flexibility index (Phi) is 3.15. The van der Waals surface area contributed by atoms with Crippen LogP contribution in [-0.2, 0) is 11.2 Å². The first-order valence-corrected chi connectivity index (χ1v) is 10.2. The second-order valence-corrected chi connectivity index (χ2v) is 7.45. The van der Waals surface area contributed by atoms with Crippen LogP contribution in [0.2, 0.25) is 0 Å². The number of fused-ring (bicyclic) bond motifs is 1. The molecule has 3 heterocycles. The highest BCUT2D eigenvalue weighted by molar-refractivity contribution is 6.09. The van der Waals surface area contributed by atoms with Crippen LogP contribution < -0.4 is 20.3 Å². The number of primary amides is 1. The number of aromatic nitrogens is 2. The molecule has 3 aromatic rings. The number of methoxy groups -OCH3 is 1. The number of rotatable bonds is 5. The number of carbonyl (C=O) groups is 3. The molecule has 0 aliphatic carbocycles. The molecule has 0 atom stereocenters. The van der Waals surface area contributed by atoms with Crippen molar-refractivity contribution in [3.8, 4) is 11.4 Å². The molecule has 2 aliphatic rings. The second-order valence-electron chi connectivity index (χ2n) is 7.45. The minimum Gasteiger partial charge on any atom is -0.497 e. The lowest BCUT2D eigenvalue weighted by atomic mass is 10.0. The van der Waals surface area contributed by atoms with Crippen LogP contribution in [0.4, 0.5) is 11.4 Å². The minimum atomic E-state index is -2.76. The zero-order valence-corrected chi connectivity index (χ0v) is 17.6. The van der Waals surface area contributed by atoms with Crippen molar-refractivity contribution < 1.29 is 34.2 Å². The van der Waals surface area contributed by atoms with Gasteiger partial charge in [-0.2, -0.15) is 5.10 Å². The molecule has 34 heavy (non-hydrogen) atoms. The van der Waals surface area contributed by atoms with E-state index < -0.39 is 96.7 Å². The van der Waals surface area contributed by atoms with Gasteiger partial charge < -0.3 is 20.3 Å². The van der Waals surface area contributed by atoms with Gasteiger partial charge in [-0.05, 0) is 67.6 Å². The third kappa shape index (κ3) is 3.68. The van der Waals surface area contributed by atoms with E-state index >= 15 is 0 Å². The maximum Gasteiger partial charge on any atom is 0.277 e. The summed E-state index contributed by atoms with van der Waals surface area (Å²) in [6.07, 6.45) is -2.54. The first-order valence-electron chi connectivity index (χ1n) is 15.7. The molecule has 1 fully saturated rings. The fraction of sp³-hybridized carbons (Fsp3) is 0.280. The smallest absolute Gasteiger partial charge is 0.277 e. The lowest BCUT2D eigenvalue weighted by Crippen LogP contribution is -2.39. The Bertz CT molecular complexity index is 1730. The number of carbonyl (C=O) groups excluding carboxylic acids is 3. The first kappa shape index (κ1) is 12.4. The van der Waals surface area contributed by atoms with Gasteiger partial charge in [-0.3, -0.25) is 14.4 Å². The number of ether oxygens (including phenoxy) is 1. The Morgan fingerprint density at radius 1 is 1.09 bits per heavy atom. The lowest BCUT2D eigenvalue weighted by Gasteiger charge is -2.29. The van der Waals surface area contributed by atoms with Gasteiger partial charge in [0.05, 0.1) is 22.3 Å². The Hall–Kier alpha value is -4.14. The van der Waals surface area contributed by atoms with Crippen molar-refractivity contribution in [2.24, 2.45) is 5.73 Å². The van der Waals surface area contributed by atoms with Gasteiger partial charge in [-0.1, -0.05) is 0 Å². The number of nitrogens with two attached hydrogens (primary N) is 1. The number of hydrogen-bond acceptors (Lipinski definition) is 5. The van der Waals surface area contributed by atoms with Gasteiger partial charge >= 0.3 is 0 Å². The summed E-state index contributed by atoms with van der Waals surface area (Å²) in [5.41, 5.74) is 2.71. The standard InChI is InChI=1S/C25H25N5O4/c1-34-19-11-9-18(10-12-19)30-23-20(22(27-30)24(26)32)13-15-29(25(23)33)17-7-5-16(6-8-17)28-14-3-2-4-21(28)31/h5-12H,2-4,13-15H2,1H3,(H2,26,32)/i1D3,5D,6D,7D,8D,13D2,14D2. The van der Waals surface area contributed by atoms with E-state index in [1.807, 2.05) is 0 Å². The van der Waals surface area contributed by atoms with E-state index in [9.17, 15) is 14.4 Å². The Morgan fingerprint density at radius 3 is 2.44 bits per heavy atom. The summed E-state index contributed by atoms with van der Waals surface area (Å²) in [5, 5.41) is 4.07. The van der Waals surface area contributed by atoms with Crippen molar-refractivity contribution in [1.82, 2.24) is 9.78 Å². The van der Waals surface area contributed by atoms with E-state index in [-0.39, 0.29) is 30.7 Å². The average Bonchev–Trinajstić information content (AvgIpc) is 3.34. The number of hydrogen-bond donors (Lipinski definition) is 1. The summed E-state index contributed by atoms with van der Waals surface area (Å²) in [6, 6.07) is 1.74. The molecule has 1 aromatic heterocycles. The first-order chi connectivity index (χ1) is 20.8. The van der Waals surface area contributed by atoms with Gasteiger partial charge in [0.15, 0.2) is 5.69 Å². The Labute approximate surface area is 212 Å². The predicted octanol–water partition coefficient (Wildman–Crippen LogP) is 2.70. The lowest BCUT2D eigenvalue weighted by molar-refractivity contribution is -0.119. The third-order valence-corrected chi connectivity index (χ3v) is 5.36. The van der Waals surface area contributed by atoms with Crippen LogP contribution in [-0.4, -0.2) is 47.6 Å². The van der Waals surface area contributed by atoms with Crippen molar-refractivity contribution >= 4 is 29.1 Å². The maximum absolute atomic E-state index is 14.1. The Morgan fingerprint density at radius 2 is 1.79 bits per heavy atom. The topological polar surface area (TPSA) is 111 Å². The number of nitrogens with zero attached hydrogens (tertiary/aromatic N) is 4. The molecule has 1 saturated heterocycles. The monoisotopic (exact) mass is 470 g/mol. The molecule has 0 saturated carbocycles. The number of benzene rings is 2.